The highest BCUT2D eigenvalue weighted by atomic mass is 16.6. The Morgan fingerprint density at radius 1 is 1.29 bits per heavy atom. The zero-order valence-electron chi connectivity index (χ0n) is 13.1. The van der Waals surface area contributed by atoms with Crippen molar-refractivity contribution < 1.29 is 14.6 Å². The van der Waals surface area contributed by atoms with Crippen LogP contribution in [-0.4, -0.2) is 47.2 Å². The molecule has 2 N–H and O–H groups in total. The maximum absolute atomic E-state index is 9.93. The smallest absolute Gasteiger partial charge is 0.216 e. The van der Waals surface area contributed by atoms with Gasteiger partial charge < -0.3 is 19.6 Å². The molecule has 0 amide bonds. The second kappa shape index (κ2) is 6.47. The molecule has 1 aromatic carbocycles. The Hall–Kier alpha value is -1.56. The van der Waals surface area contributed by atoms with Gasteiger partial charge in [0.2, 0.25) is 6.41 Å². The minimum atomic E-state index is -0.934. The molecule has 116 valence electrons. The Morgan fingerprint density at radius 3 is 2.76 bits per heavy atom. The first-order chi connectivity index (χ1) is 9.87. The first-order valence-corrected chi connectivity index (χ1v) is 7.12. The van der Waals surface area contributed by atoms with Gasteiger partial charge >= 0.3 is 0 Å². The molecule has 0 aliphatic heterocycles. The molecule has 1 heterocycles. The van der Waals surface area contributed by atoms with Crippen LogP contribution in [-0.2, 0) is 4.74 Å². The van der Waals surface area contributed by atoms with Crippen LogP contribution >= 0.6 is 0 Å². The van der Waals surface area contributed by atoms with Gasteiger partial charge in [-0.05, 0) is 46.0 Å². The second-order valence-corrected chi connectivity index (χ2v) is 6.08. The van der Waals surface area contributed by atoms with Crippen molar-refractivity contribution in [3.05, 3.63) is 30.5 Å². The van der Waals surface area contributed by atoms with E-state index in [1.54, 1.807) is 11.9 Å². The summed E-state index contributed by atoms with van der Waals surface area (Å²) in [6.07, 6.45) is 0.960. The third-order valence-corrected chi connectivity index (χ3v) is 3.09. The Morgan fingerprint density at radius 2 is 2.05 bits per heavy atom. The quantitative estimate of drug-likeness (QED) is 0.803. The number of ether oxygens (including phenoxy) is 2. The molecule has 0 radical (unpaired) electrons. The van der Waals surface area contributed by atoms with E-state index in [4.69, 9.17) is 9.47 Å². The van der Waals surface area contributed by atoms with Crippen LogP contribution in [0.4, 0.5) is 0 Å². The minimum Gasteiger partial charge on any atom is -0.492 e. The van der Waals surface area contributed by atoms with Gasteiger partial charge in [0.15, 0.2) is 0 Å². The Kier molecular flexibility index (Phi) is 4.88. The number of aromatic amines is 1. The first-order valence-electron chi connectivity index (χ1n) is 7.12. The predicted octanol–water partition coefficient (Wildman–Crippen LogP) is 2.57. The summed E-state index contributed by atoms with van der Waals surface area (Å²) >= 11 is 0. The number of aliphatic hydroxyl groups excluding tert-OH is 1. The van der Waals surface area contributed by atoms with Gasteiger partial charge in [-0.3, -0.25) is 4.90 Å². The van der Waals surface area contributed by atoms with E-state index < -0.39 is 6.41 Å². The Bertz CT molecular complexity index is 574. The van der Waals surface area contributed by atoms with Crippen LogP contribution in [0.5, 0.6) is 5.75 Å². The van der Waals surface area contributed by atoms with Gasteiger partial charge in [-0.1, -0.05) is 6.07 Å². The zero-order valence-corrected chi connectivity index (χ0v) is 13.1. The number of H-pyrrole nitrogens is 1. The predicted molar refractivity (Wildman–Crippen MR) is 83.3 cm³/mol. The third-order valence-electron chi connectivity index (χ3n) is 3.09. The number of hydrogen-bond donors (Lipinski definition) is 2. The molecule has 2 rings (SSSR count). The molecule has 1 unspecified atom stereocenters. The van der Waals surface area contributed by atoms with Crippen LogP contribution in [0.15, 0.2) is 30.5 Å². The molecule has 0 spiro atoms. The van der Waals surface area contributed by atoms with Crippen LogP contribution in [0.2, 0.25) is 0 Å². The van der Waals surface area contributed by atoms with E-state index in [9.17, 15) is 5.11 Å². The molecule has 5 nitrogen and oxygen atoms in total. The molecule has 0 saturated carbocycles. The van der Waals surface area contributed by atoms with Crippen molar-refractivity contribution in [3.63, 3.8) is 0 Å². The standard InChI is InChI=1S/C16H24N2O3/c1-16(2,3)21-15(19)18(4)10-11-20-14-7-5-6-13-12(14)8-9-17-13/h5-9,15,17,19H,10-11H2,1-4H3. The second-order valence-electron chi connectivity index (χ2n) is 6.08. The zero-order chi connectivity index (χ0) is 15.5. The van der Waals surface area contributed by atoms with E-state index in [1.165, 1.54) is 0 Å². The van der Waals surface area contributed by atoms with E-state index in [1.807, 2.05) is 51.2 Å². The number of aliphatic hydroxyl groups is 1. The molecule has 1 aromatic heterocycles. The van der Waals surface area contributed by atoms with Crippen LogP contribution in [0.1, 0.15) is 20.8 Å². The summed E-state index contributed by atoms with van der Waals surface area (Å²) < 4.78 is 11.3. The van der Waals surface area contributed by atoms with Gasteiger partial charge in [-0.2, -0.15) is 0 Å². The Balaban J connectivity index is 1.85. The SMILES string of the molecule is CN(CCOc1cccc2[nH]ccc12)C(O)OC(C)(C)C. The fraction of sp³-hybridized carbons (Fsp3) is 0.500. The monoisotopic (exact) mass is 292 g/mol. The van der Waals surface area contributed by atoms with Gasteiger partial charge in [0, 0.05) is 23.6 Å². The molecule has 2 aromatic rings. The molecule has 0 fully saturated rings. The van der Waals surface area contributed by atoms with Crippen LogP contribution in [0.3, 0.4) is 0 Å². The van der Waals surface area contributed by atoms with E-state index in [0.29, 0.717) is 13.2 Å². The summed E-state index contributed by atoms with van der Waals surface area (Å²) in [5.74, 6) is 0.841. The summed E-state index contributed by atoms with van der Waals surface area (Å²) in [7, 11) is 1.80. The van der Waals surface area contributed by atoms with Crippen molar-refractivity contribution in [2.24, 2.45) is 0 Å². The lowest BCUT2D eigenvalue weighted by Crippen LogP contribution is -2.41. The van der Waals surface area contributed by atoms with Crippen LogP contribution < -0.4 is 4.74 Å². The van der Waals surface area contributed by atoms with E-state index in [2.05, 4.69) is 4.98 Å². The molecule has 1 atom stereocenters. The number of fused-ring (bicyclic) bond motifs is 1. The average Bonchev–Trinajstić information content (AvgIpc) is 2.85. The van der Waals surface area contributed by atoms with Crippen molar-refractivity contribution >= 4 is 10.9 Å². The lowest BCUT2D eigenvalue weighted by Gasteiger charge is -2.29. The van der Waals surface area contributed by atoms with Gasteiger partial charge in [0.25, 0.3) is 0 Å². The van der Waals surface area contributed by atoms with Crippen LogP contribution in [0.25, 0.3) is 10.9 Å². The maximum atomic E-state index is 9.93. The molecule has 0 bridgehead atoms. The lowest BCUT2D eigenvalue weighted by molar-refractivity contribution is -0.233. The normalized spacial score (nSPS) is 13.8. The summed E-state index contributed by atoms with van der Waals surface area (Å²) in [4.78, 5) is 4.86. The average molecular weight is 292 g/mol. The summed E-state index contributed by atoms with van der Waals surface area (Å²) in [6.45, 7) is 6.77. The van der Waals surface area contributed by atoms with Crippen LogP contribution in [0, 0.1) is 0 Å². The van der Waals surface area contributed by atoms with Gasteiger partial charge in [0.05, 0.1) is 5.60 Å². The molecule has 0 aliphatic carbocycles. The van der Waals surface area contributed by atoms with Crippen molar-refractivity contribution in [3.8, 4) is 5.75 Å². The number of aromatic nitrogens is 1. The van der Waals surface area contributed by atoms with Gasteiger partial charge in [0.1, 0.15) is 12.4 Å². The number of benzene rings is 1. The van der Waals surface area contributed by atoms with Crippen molar-refractivity contribution in [2.45, 2.75) is 32.8 Å². The highest BCUT2D eigenvalue weighted by molar-refractivity contribution is 5.85. The highest BCUT2D eigenvalue weighted by Gasteiger charge is 2.19. The van der Waals surface area contributed by atoms with E-state index in [0.717, 1.165) is 16.7 Å². The molecular weight excluding hydrogens is 268 g/mol. The Labute approximate surface area is 125 Å². The van der Waals surface area contributed by atoms with Crippen molar-refractivity contribution in [1.29, 1.82) is 0 Å². The van der Waals surface area contributed by atoms with E-state index >= 15 is 0 Å². The lowest BCUT2D eigenvalue weighted by atomic mass is 10.2. The molecule has 0 saturated heterocycles. The number of rotatable bonds is 6. The molecule has 5 heteroatoms. The summed E-state index contributed by atoms with van der Waals surface area (Å²) in [6, 6.07) is 7.90. The number of nitrogens with one attached hydrogen (secondary N) is 1. The summed E-state index contributed by atoms with van der Waals surface area (Å²) in [5, 5.41) is 11.0. The fourth-order valence-electron chi connectivity index (χ4n) is 2.00. The first kappa shape index (κ1) is 15.8. The molecule has 21 heavy (non-hydrogen) atoms. The van der Waals surface area contributed by atoms with Gasteiger partial charge in [-0.25, -0.2) is 0 Å². The van der Waals surface area contributed by atoms with E-state index in [-0.39, 0.29) is 5.60 Å². The highest BCUT2D eigenvalue weighted by Crippen LogP contribution is 2.24. The fourth-order valence-corrected chi connectivity index (χ4v) is 2.00. The molecule has 0 aliphatic rings. The van der Waals surface area contributed by atoms with Crippen molar-refractivity contribution in [2.75, 3.05) is 20.2 Å². The minimum absolute atomic E-state index is 0.384. The number of likely N-dealkylation sites (N-methyl/N-ethyl adjacent to an activating group) is 1. The maximum Gasteiger partial charge on any atom is 0.216 e. The number of nitrogens with zero attached hydrogens (tertiary/aromatic N) is 1. The topological polar surface area (TPSA) is 57.7 Å². The van der Waals surface area contributed by atoms with Crippen molar-refractivity contribution in [1.82, 2.24) is 9.88 Å². The van der Waals surface area contributed by atoms with Gasteiger partial charge in [-0.15, -0.1) is 0 Å². The largest absolute Gasteiger partial charge is 0.492 e. The third kappa shape index (κ3) is 4.46. The molecular formula is C16H24N2O3. The number of hydrogen-bond acceptors (Lipinski definition) is 4. The summed E-state index contributed by atoms with van der Waals surface area (Å²) in [5.41, 5.74) is 0.669.